The molecule has 2 amide bonds. The van der Waals surface area contributed by atoms with Crippen molar-refractivity contribution >= 4 is 12.0 Å². The number of piperidine rings is 1. The summed E-state index contributed by atoms with van der Waals surface area (Å²) < 4.78 is 5.16. The third-order valence-corrected chi connectivity index (χ3v) is 2.62. The van der Waals surface area contributed by atoms with Gasteiger partial charge in [0, 0.05) is 11.5 Å². The molecule has 0 spiro atoms. The topological polar surface area (TPSA) is 46.6 Å². The standard InChI is InChI=1S/C11H15NO3/c1-6-7-5-8(7)12(9(6)13)10(14)15-11(2,3)4/h7-8H,1,5H2,2-4H3/t7-,8-/m0/s1. The minimum Gasteiger partial charge on any atom is -0.443 e. The average molecular weight is 209 g/mol. The van der Waals surface area contributed by atoms with Gasteiger partial charge in [0.2, 0.25) is 0 Å². The van der Waals surface area contributed by atoms with Crippen molar-refractivity contribution < 1.29 is 14.3 Å². The molecule has 0 unspecified atom stereocenters. The predicted molar refractivity (Wildman–Crippen MR) is 54.1 cm³/mol. The fourth-order valence-electron chi connectivity index (χ4n) is 1.83. The molecule has 82 valence electrons. The summed E-state index contributed by atoms with van der Waals surface area (Å²) in [5, 5.41) is 0. The molecule has 0 aromatic heterocycles. The van der Waals surface area contributed by atoms with Gasteiger partial charge in [0.25, 0.3) is 5.91 Å². The van der Waals surface area contributed by atoms with Gasteiger partial charge < -0.3 is 4.74 Å². The first-order chi connectivity index (χ1) is 6.81. The quantitative estimate of drug-likeness (QED) is 0.570. The van der Waals surface area contributed by atoms with Gasteiger partial charge in [-0.05, 0) is 27.2 Å². The summed E-state index contributed by atoms with van der Waals surface area (Å²) in [6.45, 7) is 9.04. The number of carbonyl (C=O) groups excluding carboxylic acids is 2. The van der Waals surface area contributed by atoms with Crippen molar-refractivity contribution in [1.29, 1.82) is 0 Å². The van der Waals surface area contributed by atoms with E-state index in [1.165, 1.54) is 4.90 Å². The van der Waals surface area contributed by atoms with E-state index in [4.69, 9.17) is 4.74 Å². The lowest BCUT2D eigenvalue weighted by atomic mass is 10.2. The maximum atomic E-state index is 11.7. The Balaban J connectivity index is 2.09. The molecule has 1 saturated carbocycles. The summed E-state index contributed by atoms with van der Waals surface area (Å²) in [6.07, 6.45) is 0.308. The molecule has 0 aromatic carbocycles. The van der Waals surface area contributed by atoms with E-state index in [2.05, 4.69) is 6.58 Å². The maximum absolute atomic E-state index is 11.7. The van der Waals surface area contributed by atoms with Gasteiger partial charge in [0.15, 0.2) is 0 Å². The average Bonchev–Trinajstić information content (AvgIpc) is 2.75. The van der Waals surface area contributed by atoms with E-state index in [1.807, 2.05) is 0 Å². The van der Waals surface area contributed by atoms with Gasteiger partial charge in [-0.25, -0.2) is 9.69 Å². The van der Waals surface area contributed by atoms with Gasteiger partial charge >= 0.3 is 6.09 Å². The van der Waals surface area contributed by atoms with Crippen LogP contribution in [0.2, 0.25) is 0 Å². The first-order valence-electron chi connectivity index (χ1n) is 5.06. The van der Waals surface area contributed by atoms with E-state index < -0.39 is 11.7 Å². The van der Waals surface area contributed by atoms with Gasteiger partial charge in [0.1, 0.15) is 5.60 Å². The van der Waals surface area contributed by atoms with Crippen LogP contribution in [0, 0.1) is 5.92 Å². The molecule has 1 saturated heterocycles. The summed E-state index contributed by atoms with van der Waals surface area (Å²) in [5.41, 5.74) is -0.0167. The molecule has 0 N–H and O–H groups in total. The van der Waals surface area contributed by atoms with Crippen LogP contribution in [-0.2, 0) is 9.53 Å². The molecule has 1 heterocycles. The Kier molecular flexibility index (Phi) is 1.93. The molecule has 4 heteroatoms. The highest BCUT2D eigenvalue weighted by atomic mass is 16.6. The molecule has 0 aromatic rings. The molecule has 1 aliphatic carbocycles. The molecule has 2 fully saturated rings. The van der Waals surface area contributed by atoms with Crippen molar-refractivity contribution in [2.24, 2.45) is 5.92 Å². The summed E-state index contributed by atoms with van der Waals surface area (Å²) in [5.74, 6) is -0.0875. The van der Waals surface area contributed by atoms with Crippen LogP contribution < -0.4 is 0 Å². The molecule has 2 aliphatic rings. The van der Waals surface area contributed by atoms with Gasteiger partial charge in [-0.1, -0.05) is 6.58 Å². The first-order valence-corrected chi connectivity index (χ1v) is 5.06. The lowest BCUT2D eigenvalue weighted by Gasteiger charge is -2.24. The van der Waals surface area contributed by atoms with E-state index in [9.17, 15) is 9.59 Å². The largest absolute Gasteiger partial charge is 0.443 e. The molecular weight excluding hydrogens is 194 g/mol. The van der Waals surface area contributed by atoms with Crippen LogP contribution in [0.3, 0.4) is 0 Å². The number of hydrogen-bond acceptors (Lipinski definition) is 3. The van der Waals surface area contributed by atoms with Crippen molar-refractivity contribution in [2.75, 3.05) is 0 Å². The summed E-state index contributed by atoms with van der Waals surface area (Å²) in [4.78, 5) is 24.5. The zero-order chi connectivity index (χ0) is 11.4. The molecule has 2 rings (SSSR count). The molecule has 0 radical (unpaired) electrons. The van der Waals surface area contributed by atoms with Gasteiger partial charge in [0.05, 0.1) is 6.04 Å². The van der Waals surface area contributed by atoms with Gasteiger partial charge in [-0.15, -0.1) is 0 Å². The number of ether oxygens (including phenoxy) is 1. The van der Waals surface area contributed by atoms with Crippen LogP contribution in [0.5, 0.6) is 0 Å². The van der Waals surface area contributed by atoms with Gasteiger partial charge in [-0.3, -0.25) is 4.79 Å². The molecule has 4 nitrogen and oxygen atoms in total. The number of likely N-dealkylation sites (tertiary alicyclic amines) is 1. The van der Waals surface area contributed by atoms with Crippen LogP contribution in [0.15, 0.2) is 12.2 Å². The second-order valence-electron chi connectivity index (χ2n) is 5.09. The Hall–Kier alpha value is -1.32. The zero-order valence-corrected chi connectivity index (χ0v) is 9.24. The summed E-state index contributed by atoms with van der Waals surface area (Å²) in [7, 11) is 0. The monoisotopic (exact) mass is 209 g/mol. The fraction of sp³-hybridized carbons (Fsp3) is 0.636. The predicted octanol–water partition coefficient (Wildman–Crippen LogP) is 1.71. The van der Waals surface area contributed by atoms with Crippen LogP contribution in [0.1, 0.15) is 27.2 Å². The normalized spacial score (nSPS) is 29.1. The highest BCUT2D eigenvalue weighted by molar-refractivity contribution is 6.06. The SMILES string of the molecule is C=C1C(=O)N(C(=O)OC(C)(C)C)[C@H]2C[C@@H]12. The minimum absolute atomic E-state index is 0.0137. The second kappa shape index (κ2) is 2.84. The van der Waals surface area contributed by atoms with E-state index >= 15 is 0 Å². The minimum atomic E-state index is -0.564. The fourth-order valence-corrected chi connectivity index (χ4v) is 1.83. The lowest BCUT2D eigenvalue weighted by molar-refractivity contribution is -0.125. The summed E-state index contributed by atoms with van der Waals surface area (Å²) in [6, 6.07) is 0.0137. The van der Waals surface area contributed by atoms with E-state index in [0.29, 0.717) is 5.57 Å². The highest BCUT2D eigenvalue weighted by Crippen LogP contribution is 2.48. The Labute approximate surface area is 88.9 Å². The Morgan fingerprint density at radius 3 is 2.53 bits per heavy atom. The number of fused-ring (bicyclic) bond motifs is 1. The number of rotatable bonds is 0. The Morgan fingerprint density at radius 2 is 2.13 bits per heavy atom. The molecular formula is C11H15NO3. The Morgan fingerprint density at radius 1 is 1.53 bits per heavy atom. The number of imide groups is 1. The number of nitrogens with zero attached hydrogens (tertiary/aromatic N) is 1. The molecule has 15 heavy (non-hydrogen) atoms. The van der Waals surface area contributed by atoms with Gasteiger partial charge in [-0.2, -0.15) is 0 Å². The summed E-state index contributed by atoms with van der Waals surface area (Å²) >= 11 is 0. The highest BCUT2D eigenvalue weighted by Gasteiger charge is 2.57. The van der Waals surface area contributed by atoms with Crippen LogP contribution in [0.4, 0.5) is 4.79 Å². The third-order valence-electron chi connectivity index (χ3n) is 2.62. The van der Waals surface area contributed by atoms with E-state index in [0.717, 1.165) is 6.42 Å². The zero-order valence-electron chi connectivity index (χ0n) is 9.24. The lowest BCUT2D eigenvalue weighted by Crippen LogP contribution is -2.39. The van der Waals surface area contributed by atoms with Crippen LogP contribution >= 0.6 is 0 Å². The third kappa shape index (κ3) is 1.64. The van der Waals surface area contributed by atoms with Crippen LogP contribution in [0.25, 0.3) is 0 Å². The number of carbonyl (C=O) groups is 2. The van der Waals surface area contributed by atoms with E-state index in [-0.39, 0.29) is 17.9 Å². The number of amides is 2. The van der Waals surface area contributed by atoms with Crippen molar-refractivity contribution in [2.45, 2.75) is 38.8 Å². The van der Waals surface area contributed by atoms with Crippen molar-refractivity contribution in [3.05, 3.63) is 12.2 Å². The van der Waals surface area contributed by atoms with Crippen molar-refractivity contribution in [3.63, 3.8) is 0 Å². The number of hydrogen-bond donors (Lipinski definition) is 0. The van der Waals surface area contributed by atoms with Crippen molar-refractivity contribution in [1.82, 2.24) is 4.90 Å². The maximum Gasteiger partial charge on any atom is 0.417 e. The molecule has 0 bridgehead atoms. The van der Waals surface area contributed by atoms with Crippen LogP contribution in [-0.4, -0.2) is 28.5 Å². The van der Waals surface area contributed by atoms with Crippen molar-refractivity contribution in [3.8, 4) is 0 Å². The first kappa shape index (κ1) is 10.2. The molecule has 1 aliphatic heterocycles. The second-order valence-corrected chi connectivity index (χ2v) is 5.09. The van der Waals surface area contributed by atoms with E-state index in [1.54, 1.807) is 20.8 Å². The molecule has 2 atom stereocenters. The Bertz CT molecular complexity index is 353. The smallest absolute Gasteiger partial charge is 0.417 e.